The molecule has 1 aromatic rings. The third-order valence-corrected chi connectivity index (χ3v) is 2.89. The van der Waals surface area contributed by atoms with Crippen LogP contribution >= 0.6 is 11.6 Å². The maximum atomic E-state index is 12.1. The van der Waals surface area contributed by atoms with Gasteiger partial charge in [-0.3, -0.25) is 4.79 Å². The van der Waals surface area contributed by atoms with Crippen LogP contribution in [0.15, 0.2) is 24.3 Å². The van der Waals surface area contributed by atoms with Gasteiger partial charge in [0, 0.05) is 17.6 Å². The third kappa shape index (κ3) is 4.38. The standard InChI is InChI=1S/C14H17ClN2O/c1-11(2)17(8-4-7-16)14(18)10-12-5-3-6-13(15)9-12/h3,5-6,9,11H,4,8,10H2,1-2H3. The normalized spacial score (nSPS) is 10.2. The van der Waals surface area contributed by atoms with E-state index in [0.29, 0.717) is 24.4 Å². The molecular weight excluding hydrogens is 248 g/mol. The van der Waals surface area contributed by atoms with Crippen LogP contribution in [0.3, 0.4) is 0 Å². The van der Waals surface area contributed by atoms with Crippen LogP contribution in [0.2, 0.25) is 5.02 Å². The molecule has 1 amide bonds. The van der Waals surface area contributed by atoms with Crippen molar-refractivity contribution < 1.29 is 4.79 Å². The van der Waals surface area contributed by atoms with Crippen LogP contribution in [0.5, 0.6) is 0 Å². The number of hydrogen-bond donors (Lipinski definition) is 0. The summed E-state index contributed by atoms with van der Waals surface area (Å²) in [4.78, 5) is 13.9. The van der Waals surface area contributed by atoms with Gasteiger partial charge in [0.15, 0.2) is 0 Å². The summed E-state index contributed by atoms with van der Waals surface area (Å²) in [5, 5.41) is 9.23. The molecule has 1 rings (SSSR count). The quantitative estimate of drug-likeness (QED) is 0.820. The minimum absolute atomic E-state index is 0.0301. The smallest absolute Gasteiger partial charge is 0.227 e. The molecule has 4 heteroatoms. The van der Waals surface area contributed by atoms with Gasteiger partial charge in [-0.2, -0.15) is 5.26 Å². The molecule has 0 radical (unpaired) electrons. The van der Waals surface area contributed by atoms with Gasteiger partial charge < -0.3 is 4.90 Å². The molecule has 0 saturated heterocycles. The minimum atomic E-state index is 0.0301. The lowest BCUT2D eigenvalue weighted by Gasteiger charge is -2.26. The van der Waals surface area contributed by atoms with Gasteiger partial charge in [-0.25, -0.2) is 0 Å². The van der Waals surface area contributed by atoms with E-state index in [9.17, 15) is 4.79 Å². The molecule has 0 saturated carbocycles. The molecule has 0 aliphatic rings. The summed E-state index contributed by atoms with van der Waals surface area (Å²) in [5.74, 6) is 0.0301. The van der Waals surface area contributed by atoms with Crippen LogP contribution in [0.4, 0.5) is 0 Å². The van der Waals surface area contributed by atoms with E-state index >= 15 is 0 Å². The van der Waals surface area contributed by atoms with Crippen LogP contribution < -0.4 is 0 Å². The maximum Gasteiger partial charge on any atom is 0.227 e. The summed E-state index contributed by atoms with van der Waals surface area (Å²) >= 11 is 5.89. The number of amides is 1. The number of rotatable bonds is 5. The van der Waals surface area contributed by atoms with E-state index in [2.05, 4.69) is 6.07 Å². The molecule has 18 heavy (non-hydrogen) atoms. The zero-order valence-corrected chi connectivity index (χ0v) is 11.4. The Kier molecular flexibility index (Phi) is 5.67. The van der Waals surface area contributed by atoms with Crippen molar-refractivity contribution in [2.75, 3.05) is 6.54 Å². The topological polar surface area (TPSA) is 44.1 Å². The third-order valence-electron chi connectivity index (χ3n) is 2.65. The molecule has 0 atom stereocenters. The first-order valence-corrected chi connectivity index (χ1v) is 6.33. The van der Waals surface area contributed by atoms with Crippen LogP contribution in [-0.2, 0) is 11.2 Å². The number of halogens is 1. The van der Waals surface area contributed by atoms with Crippen molar-refractivity contribution in [3.05, 3.63) is 34.9 Å². The molecule has 0 spiro atoms. The largest absolute Gasteiger partial charge is 0.339 e. The van der Waals surface area contributed by atoms with Crippen molar-refractivity contribution in [2.24, 2.45) is 0 Å². The maximum absolute atomic E-state index is 12.1. The highest BCUT2D eigenvalue weighted by atomic mass is 35.5. The van der Waals surface area contributed by atoms with Crippen molar-refractivity contribution >= 4 is 17.5 Å². The van der Waals surface area contributed by atoms with E-state index in [0.717, 1.165) is 5.56 Å². The second kappa shape index (κ2) is 7.03. The molecule has 0 N–H and O–H groups in total. The Morgan fingerprint density at radius 3 is 2.78 bits per heavy atom. The molecule has 3 nitrogen and oxygen atoms in total. The molecular formula is C14H17ClN2O. The van der Waals surface area contributed by atoms with Crippen molar-refractivity contribution in [1.82, 2.24) is 4.90 Å². The fourth-order valence-corrected chi connectivity index (χ4v) is 1.98. The van der Waals surface area contributed by atoms with Gasteiger partial charge in [-0.15, -0.1) is 0 Å². The molecule has 0 bridgehead atoms. The van der Waals surface area contributed by atoms with E-state index in [1.165, 1.54) is 0 Å². The minimum Gasteiger partial charge on any atom is -0.339 e. The second-order valence-corrected chi connectivity index (χ2v) is 4.83. The van der Waals surface area contributed by atoms with E-state index in [-0.39, 0.29) is 11.9 Å². The van der Waals surface area contributed by atoms with Gasteiger partial charge >= 0.3 is 0 Å². The van der Waals surface area contributed by atoms with Gasteiger partial charge in [-0.1, -0.05) is 23.7 Å². The predicted molar refractivity (Wildman–Crippen MR) is 72.2 cm³/mol. The van der Waals surface area contributed by atoms with Gasteiger partial charge in [0.1, 0.15) is 0 Å². The lowest BCUT2D eigenvalue weighted by Crippen LogP contribution is -2.38. The molecule has 96 valence electrons. The lowest BCUT2D eigenvalue weighted by atomic mass is 10.1. The summed E-state index contributed by atoms with van der Waals surface area (Å²) in [6, 6.07) is 9.46. The monoisotopic (exact) mass is 264 g/mol. The summed E-state index contributed by atoms with van der Waals surface area (Å²) in [7, 11) is 0. The Morgan fingerprint density at radius 2 is 2.22 bits per heavy atom. The molecule has 0 aliphatic carbocycles. The van der Waals surface area contributed by atoms with E-state index in [1.807, 2.05) is 26.0 Å². The Hall–Kier alpha value is -1.53. The summed E-state index contributed by atoms with van der Waals surface area (Å²) in [5.41, 5.74) is 0.898. The van der Waals surface area contributed by atoms with Crippen LogP contribution in [-0.4, -0.2) is 23.4 Å². The molecule has 0 unspecified atom stereocenters. The molecule has 0 aromatic heterocycles. The molecule has 1 aromatic carbocycles. The lowest BCUT2D eigenvalue weighted by molar-refractivity contribution is -0.132. The average molecular weight is 265 g/mol. The van der Waals surface area contributed by atoms with Crippen molar-refractivity contribution in [3.8, 4) is 6.07 Å². The number of nitriles is 1. The number of carbonyl (C=O) groups is 1. The van der Waals surface area contributed by atoms with Gasteiger partial charge in [-0.05, 0) is 31.5 Å². The summed E-state index contributed by atoms with van der Waals surface area (Å²) < 4.78 is 0. The van der Waals surface area contributed by atoms with Crippen LogP contribution in [0.1, 0.15) is 25.8 Å². The number of nitrogens with zero attached hydrogens (tertiary/aromatic N) is 2. The first kappa shape index (κ1) is 14.5. The second-order valence-electron chi connectivity index (χ2n) is 4.40. The van der Waals surface area contributed by atoms with Crippen molar-refractivity contribution in [2.45, 2.75) is 32.7 Å². The average Bonchev–Trinajstić information content (AvgIpc) is 2.29. The molecule has 0 aliphatic heterocycles. The summed E-state index contributed by atoms with van der Waals surface area (Å²) in [6.07, 6.45) is 0.684. The Morgan fingerprint density at radius 1 is 1.50 bits per heavy atom. The highest BCUT2D eigenvalue weighted by Gasteiger charge is 2.16. The Labute approximate surface area is 113 Å². The van der Waals surface area contributed by atoms with E-state index < -0.39 is 0 Å². The van der Waals surface area contributed by atoms with Crippen molar-refractivity contribution in [1.29, 1.82) is 5.26 Å². The first-order valence-electron chi connectivity index (χ1n) is 5.95. The van der Waals surface area contributed by atoms with Crippen LogP contribution in [0, 0.1) is 11.3 Å². The molecule has 0 fully saturated rings. The zero-order chi connectivity index (χ0) is 13.5. The van der Waals surface area contributed by atoms with Crippen molar-refractivity contribution in [3.63, 3.8) is 0 Å². The SMILES string of the molecule is CC(C)N(CCC#N)C(=O)Cc1cccc(Cl)c1. The summed E-state index contributed by atoms with van der Waals surface area (Å²) in [6.45, 7) is 4.38. The number of benzene rings is 1. The van der Waals surface area contributed by atoms with Crippen LogP contribution in [0.25, 0.3) is 0 Å². The highest BCUT2D eigenvalue weighted by molar-refractivity contribution is 6.30. The Bertz CT molecular complexity index is 451. The zero-order valence-electron chi connectivity index (χ0n) is 10.7. The number of hydrogen-bond acceptors (Lipinski definition) is 2. The van der Waals surface area contributed by atoms with Gasteiger partial charge in [0.05, 0.1) is 18.9 Å². The highest BCUT2D eigenvalue weighted by Crippen LogP contribution is 2.13. The predicted octanol–water partition coefficient (Wildman–Crippen LogP) is 3.03. The Balaban J connectivity index is 2.70. The van der Waals surface area contributed by atoms with Gasteiger partial charge in [0.25, 0.3) is 0 Å². The first-order chi connectivity index (χ1) is 8.54. The molecule has 0 heterocycles. The number of carbonyl (C=O) groups excluding carboxylic acids is 1. The fourth-order valence-electron chi connectivity index (χ4n) is 1.76. The van der Waals surface area contributed by atoms with E-state index in [1.54, 1.807) is 17.0 Å². The van der Waals surface area contributed by atoms with E-state index in [4.69, 9.17) is 16.9 Å². The van der Waals surface area contributed by atoms with Gasteiger partial charge in [0.2, 0.25) is 5.91 Å². The fraction of sp³-hybridized carbons (Fsp3) is 0.429.